The number of aromatic nitrogens is 1. The summed E-state index contributed by atoms with van der Waals surface area (Å²) in [5.41, 5.74) is 1.02. The molecule has 1 aromatic carbocycles. The van der Waals surface area contributed by atoms with Crippen molar-refractivity contribution >= 4 is 54.5 Å². The number of hydrogen-bond acceptors (Lipinski definition) is 5. The van der Waals surface area contributed by atoms with E-state index in [4.69, 9.17) is 0 Å². The second-order valence-electron chi connectivity index (χ2n) is 3.22. The Labute approximate surface area is 123 Å². The molecule has 0 aliphatic heterocycles. The smallest absolute Gasteiger partial charge is 0.198 e. The van der Waals surface area contributed by atoms with Gasteiger partial charge in [0.05, 0.1) is 10.2 Å². The fraction of sp³-hybridized carbons (Fsp3) is 0. The van der Waals surface area contributed by atoms with Crippen LogP contribution in [0.5, 0.6) is 0 Å². The third-order valence-corrected chi connectivity index (χ3v) is 5.45. The fourth-order valence-electron chi connectivity index (χ4n) is 1.23. The van der Waals surface area contributed by atoms with Crippen LogP contribution in [0.25, 0.3) is 10.2 Å². The van der Waals surface area contributed by atoms with E-state index in [0.29, 0.717) is 5.17 Å². The van der Waals surface area contributed by atoms with Crippen molar-refractivity contribution < 1.29 is 0 Å². The summed E-state index contributed by atoms with van der Waals surface area (Å²) in [5.74, 6) is 0. The number of aliphatic imine (C=N–C) groups is 2. The van der Waals surface area contributed by atoms with Gasteiger partial charge in [0, 0.05) is 12.4 Å². The Morgan fingerprint density at radius 3 is 2.89 bits per heavy atom. The first-order valence-corrected chi connectivity index (χ1v) is 8.34. The second-order valence-corrected chi connectivity index (χ2v) is 6.60. The lowest BCUT2D eigenvalue weighted by atomic mass is 10.3. The molecule has 0 amide bonds. The summed E-state index contributed by atoms with van der Waals surface area (Å²) < 4.78 is 2.17. The average molecular weight is 305 g/mol. The molecule has 0 bridgehead atoms. The Kier molecular flexibility index (Phi) is 5.38. The maximum Gasteiger partial charge on any atom is 0.198 e. The number of fused-ring (bicyclic) bond motifs is 1. The molecule has 3 nitrogen and oxygen atoms in total. The van der Waals surface area contributed by atoms with E-state index >= 15 is 0 Å². The van der Waals surface area contributed by atoms with Gasteiger partial charge < -0.3 is 0 Å². The molecule has 0 atom stereocenters. The van der Waals surface area contributed by atoms with Gasteiger partial charge >= 0.3 is 0 Å². The highest BCUT2D eigenvalue weighted by Gasteiger charge is 2.06. The van der Waals surface area contributed by atoms with Gasteiger partial charge in [0.15, 0.2) is 9.51 Å². The van der Waals surface area contributed by atoms with Crippen LogP contribution < -0.4 is 0 Å². The van der Waals surface area contributed by atoms with Gasteiger partial charge in [-0.2, -0.15) is 0 Å². The SMILES string of the molecule is C=C/C=N\C(=N/C=C)SSc1nc2ccccc2s1. The summed E-state index contributed by atoms with van der Waals surface area (Å²) in [6, 6.07) is 8.08. The van der Waals surface area contributed by atoms with Crippen molar-refractivity contribution in [3.8, 4) is 0 Å². The Morgan fingerprint density at radius 1 is 1.32 bits per heavy atom. The maximum atomic E-state index is 4.53. The number of rotatable bonds is 4. The van der Waals surface area contributed by atoms with Crippen LogP contribution in [0, 0.1) is 0 Å². The standard InChI is InChI=1S/C13H11N3S3/c1-3-9-15-12(14-4-2)18-19-13-16-10-7-5-6-8-11(10)17-13/h3-9H,1-2H2/b14-12+,15-9-. The topological polar surface area (TPSA) is 37.6 Å². The monoisotopic (exact) mass is 305 g/mol. The van der Waals surface area contributed by atoms with Crippen molar-refractivity contribution in [1.82, 2.24) is 4.98 Å². The third-order valence-electron chi connectivity index (χ3n) is 1.95. The Morgan fingerprint density at radius 2 is 2.16 bits per heavy atom. The second kappa shape index (κ2) is 7.28. The first kappa shape index (κ1) is 14.0. The molecule has 0 saturated carbocycles. The van der Waals surface area contributed by atoms with Crippen molar-refractivity contribution in [2.75, 3.05) is 0 Å². The molecule has 1 heterocycles. The van der Waals surface area contributed by atoms with E-state index in [1.165, 1.54) is 21.7 Å². The molecule has 0 aliphatic rings. The number of allylic oxidation sites excluding steroid dienone is 1. The van der Waals surface area contributed by atoms with Crippen LogP contribution in [0.2, 0.25) is 0 Å². The Bertz CT molecular complexity index is 610. The summed E-state index contributed by atoms with van der Waals surface area (Å²) in [4.78, 5) is 12.8. The minimum absolute atomic E-state index is 0.624. The summed E-state index contributed by atoms with van der Waals surface area (Å²) >= 11 is 1.66. The molecule has 2 aromatic rings. The number of nitrogens with zero attached hydrogens (tertiary/aromatic N) is 3. The first-order chi connectivity index (χ1) is 9.33. The van der Waals surface area contributed by atoms with Crippen LogP contribution in [0.4, 0.5) is 0 Å². The van der Waals surface area contributed by atoms with Crippen LogP contribution >= 0.6 is 32.9 Å². The van der Waals surface area contributed by atoms with Gasteiger partial charge in [0.25, 0.3) is 0 Å². The molecule has 0 aliphatic carbocycles. The zero-order valence-electron chi connectivity index (χ0n) is 10.0. The quantitative estimate of drug-likeness (QED) is 0.463. The van der Waals surface area contributed by atoms with E-state index in [1.54, 1.807) is 34.4 Å². The number of para-hydroxylation sites is 1. The number of thiazole rings is 1. The highest BCUT2D eigenvalue weighted by Crippen LogP contribution is 2.37. The molecule has 2 rings (SSSR count). The van der Waals surface area contributed by atoms with E-state index in [1.807, 2.05) is 18.2 Å². The van der Waals surface area contributed by atoms with E-state index in [-0.39, 0.29) is 0 Å². The van der Waals surface area contributed by atoms with Gasteiger partial charge in [0.2, 0.25) is 0 Å². The van der Waals surface area contributed by atoms with Crippen LogP contribution in [0.15, 0.2) is 64.0 Å². The summed E-state index contributed by atoms with van der Waals surface area (Å²) in [5, 5.41) is 0.624. The van der Waals surface area contributed by atoms with Gasteiger partial charge in [0.1, 0.15) is 0 Å². The number of amidine groups is 1. The Balaban J connectivity index is 2.08. The zero-order valence-corrected chi connectivity index (χ0v) is 12.5. The van der Waals surface area contributed by atoms with E-state index in [2.05, 4.69) is 34.2 Å². The predicted molar refractivity (Wildman–Crippen MR) is 89.4 cm³/mol. The zero-order chi connectivity index (χ0) is 13.5. The van der Waals surface area contributed by atoms with E-state index in [0.717, 1.165) is 9.86 Å². The van der Waals surface area contributed by atoms with Crippen LogP contribution in [-0.2, 0) is 0 Å². The molecule has 1 aromatic heterocycles. The molecule has 0 N–H and O–H groups in total. The lowest BCUT2D eigenvalue weighted by Gasteiger charge is -1.95. The molecular weight excluding hydrogens is 294 g/mol. The summed E-state index contributed by atoms with van der Waals surface area (Å²) in [6.45, 7) is 7.16. The van der Waals surface area contributed by atoms with Gasteiger partial charge in [-0.25, -0.2) is 15.0 Å². The van der Waals surface area contributed by atoms with Crippen LogP contribution in [0.3, 0.4) is 0 Å². The number of hydrogen-bond donors (Lipinski definition) is 0. The minimum Gasteiger partial charge on any atom is -0.231 e. The predicted octanol–water partition coefficient (Wildman–Crippen LogP) is 4.79. The van der Waals surface area contributed by atoms with Crippen molar-refractivity contribution in [1.29, 1.82) is 0 Å². The van der Waals surface area contributed by atoms with Gasteiger partial charge in [-0.05, 0) is 33.7 Å². The molecule has 19 heavy (non-hydrogen) atoms. The van der Waals surface area contributed by atoms with Crippen molar-refractivity contribution in [2.45, 2.75) is 4.34 Å². The molecule has 96 valence electrons. The molecule has 0 unspecified atom stereocenters. The van der Waals surface area contributed by atoms with Crippen LogP contribution in [0.1, 0.15) is 0 Å². The van der Waals surface area contributed by atoms with Crippen molar-refractivity contribution in [3.63, 3.8) is 0 Å². The molecule has 0 spiro atoms. The van der Waals surface area contributed by atoms with E-state index in [9.17, 15) is 0 Å². The maximum absolute atomic E-state index is 4.53. The number of benzene rings is 1. The minimum atomic E-state index is 0.624. The van der Waals surface area contributed by atoms with Crippen molar-refractivity contribution in [3.05, 3.63) is 49.7 Å². The first-order valence-electron chi connectivity index (χ1n) is 5.37. The lowest BCUT2D eigenvalue weighted by molar-refractivity contribution is 1.31. The highest BCUT2D eigenvalue weighted by atomic mass is 33.1. The van der Waals surface area contributed by atoms with Crippen LogP contribution in [-0.4, -0.2) is 16.4 Å². The highest BCUT2D eigenvalue weighted by molar-refractivity contribution is 8.82. The van der Waals surface area contributed by atoms with Gasteiger partial charge in [-0.1, -0.05) is 31.4 Å². The summed E-state index contributed by atoms with van der Waals surface area (Å²) in [7, 11) is 2.99. The Hall–Kier alpha value is -1.37. The van der Waals surface area contributed by atoms with Gasteiger partial charge in [-0.3, -0.25) is 0 Å². The molecule has 0 saturated heterocycles. The molecule has 0 fully saturated rings. The average Bonchev–Trinajstić information content (AvgIpc) is 2.84. The van der Waals surface area contributed by atoms with E-state index < -0.39 is 0 Å². The van der Waals surface area contributed by atoms with Gasteiger partial charge in [-0.15, -0.1) is 11.3 Å². The molecule has 6 heteroatoms. The van der Waals surface area contributed by atoms with Crippen molar-refractivity contribution in [2.24, 2.45) is 9.98 Å². The molecular formula is C13H11N3S3. The lowest BCUT2D eigenvalue weighted by Crippen LogP contribution is -1.83. The molecule has 0 radical (unpaired) electrons. The largest absolute Gasteiger partial charge is 0.231 e. The summed E-state index contributed by atoms with van der Waals surface area (Å²) in [6.07, 6.45) is 4.69. The third kappa shape index (κ3) is 4.05. The fourth-order valence-corrected chi connectivity index (χ4v) is 4.26. The normalized spacial score (nSPS) is 12.1.